The first-order valence-electron chi connectivity index (χ1n) is 12.7. The van der Waals surface area contributed by atoms with Gasteiger partial charge in [0.1, 0.15) is 28.8 Å². The van der Waals surface area contributed by atoms with Crippen molar-refractivity contribution in [3.8, 4) is 22.6 Å². The molecule has 0 saturated heterocycles. The molecule has 1 saturated carbocycles. The summed E-state index contributed by atoms with van der Waals surface area (Å²) in [6, 6.07) is 1.71. The molecular formula is C29H23F9O2. The van der Waals surface area contributed by atoms with E-state index in [1.165, 1.54) is 0 Å². The van der Waals surface area contributed by atoms with Crippen LogP contribution in [-0.4, -0.2) is 6.61 Å². The summed E-state index contributed by atoms with van der Waals surface area (Å²) >= 11 is 0. The summed E-state index contributed by atoms with van der Waals surface area (Å²) in [6.07, 6.45) is -0.394. The molecule has 0 amide bonds. The van der Waals surface area contributed by atoms with E-state index in [0.29, 0.717) is 18.3 Å². The lowest BCUT2D eigenvalue weighted by Gasteiger charge is -2.35. The van der Waals surface area contributed by atoms with Crippen molar-refractivity contribution in [3.63, 3.8) is 0 Å². The molecule has 3 aromatic carbocycles. The van der Waals surface area contributed by atoms with E-state index in [0.717, 1.165) is 31.7 Å². The summed E-state index contributed by atoms with van der Waals surface area (Å²) in [5, 5.41) is 0. The van der Waals surface area contributed by atoms with Crippen molar-refractivity contribution in [2.45, 2.75) is 45.1 Å². The molecule has 0 N–H and O–H groups in total. The minimum absolute atomic E-state index is 0.0594. The standard InChI is InChI=1S/C29H23F9O2/c1-13-2-4-14(5-3-13)17-6-16-9-19(30)24(27(36)28(16)39-12-17)15-7-20(31)25(21(32)8-15)29(37,38)40-18-10-22(33)26(35)23(34)11-18/h7-11,13-14,17H,2-6,12H2,1H3. The largest absolute Gasteiger partial charge is 0.490 e. The van der Waals surface area contributed by atoms with Gasteiger partial charge in [-0.1, -0.05) is 19.8 Å². The van der Waals surface area contributed by atoms with Gasteiger partial charge in [-0.05, 0) is 60.8 Å². The van der Waals surface area contributed by atoms with Crippen molar-refractivity contribution >= 4 is 0 Å². The molecule has 1 atom stereocenters. The summed E-state index contributed by atoms with van der Waals surface area (Å²) in [5.41, 5.74) is -3.32. The average Bonchev–Trinajstić information content (AvgIpc) is 2.86. The first-order valence-corrected chi connectivity index (χ1v) is 12.7. The maximum atomic E-state index is 15.4. The van der Waals surface area contributed by atoms with Crippen LogP contribution in [0.25, 0.3) is 11.1 Å². The number of rotatable bonds is 5. The highest BCUT2D eigenvalue weighted by Gasteiger charge is 2.42. The second-order valence-electron chi connectivity index (χ2n) is 10.5. The molecule has 214 valence electrons. The fourth-order valence-electron chi connectivity index (χ4n) is 5.60. The number of hydrogen-bond donors (Lipinski definition) is 0. The van der Waals surface area contributed by atoms with Crippen molar-refractivity contribution in [2.24, 2.45) is 17.8 Å². The summed E-state index contributed by atoms with van der Waals surface area (Å²) in [4.78, 5) is 0. The third-order valence-electron chi connectivity index (χ3n) is 7.73. The molecule has 2 aliphatic rings. The highest BCUT2D eigenvalue weighted by molar-refractivity contribution is 5.69. The summed E-state index contributed by atoms with van der Waals surface area (Å²) in [6.45, 7) is 2.36. The van der Waals surface area contributed by atoms with Gasteiger partial charge in [-0.15, -0.1) is 0 Å². The minimum atomic E-state index is -4.84. The molecule has 1 heterocycles. The maximum absolute atomic E-state index is 15.4. The van der Waals surface area contributed by atoms with Crippen LogP contribution >= 0.6 is 0 Å². The summed E-state index contributed by atoms with van der Waals surface area (Å²) in [5.74, 6) is -12.5. The van der Waals surface area contributed by atoms with Crippen molar-refractivity contribution in [3.05, 3.63) is 82.2 Å². The van der Waals surface area contributed by atoms with Crippen LogP contribution < -0.4 is 9.47 Å². The second kappa shape index (κ2) is 10.6. The van der Waals surface area contributed by atoms with E-state index in [4.69, 9.17) is 4.74 Å². The Hall–Kier alpha value is -3.37. The zero-order chi connectivity index (χ0) is 28.9. The van der Waals surface area contributed by atoms with Crippen LogP contribution in [0.2, 0.25) is 0 Å². The number of ether oxygens (including phenoxy) is 2. The summed E-state index contributed by atoms with van der Waals surface area (Å²) < 4.78 is 139. The van der Waals surface area contributed by atoms with Gasteiger partial charge in [0.15, 0.2) is 29.0 Å². The van der Waals surface area contributed by atoms with Gasteiger partial charge in [-0.2, -0.15) is 8.78 Å². The average molecular weight is 574 g/mol. The van der Waals surface area contributed by atoms with E-state index < -0.39 is 69.3 Å². The highest BCUT2D eigenvalue weighted by atomic mass is 19.3. The Morgan fingerprint density at radius 2 is 1.32 bits per heavy atom. The number of benzene rings is 3. The molecule has 1 aliphatic heterocycles. The predicted octanol–water partition coefficient (Wildman–Crippen LogP) is 8.83. The zero-order valence-electron chi connectivity index (χ0n) is 21.1. The highest BCUT2D eigenvalue weighted by Crippen LogP contribution is 2.44. The van der Waals surface area contributed by atoms with Crippen LogP contribution in [0.4, 0.5) is 39.5 Å². The Morgan fingerprint density at radius 3 is 1.93 bits per heavy atom. The molecule has 40 heavy (non-hydrogen) atoms. The molecule has 0 bridgehead atoms. The first kappa shape index (κ1) is 28.2. The molecule has 1 unspecified atom stereocenters. The van der Waals surface area contributed by atoms with E-state index in [2.05, 4.69) is 11.7 Å². The normalized spacial score (nSPS) is 21.1. The Balaban J connectivity index is 1.44. The lowest BCUT2D eigenvalue weighted by molar-refractivity contribution is -0.189. The molecule has 0 spiro atoms. The van der Waals surface area contributed by atoms with Gasteiger partial charge < -0.3 is 9.47 Å². The predicted molar refractivity (Wildman–Crippen MR) is 126 cm³/mol. The van der Waals surface area contributed by atoms with Crippen LogP contribution in [0, 0.1) is 58.5 Å². The fraction of sp³-hybridized carbons (Fsp3) is 0.379. The van der Waals surface area contributed by atoms with Gasteiger partial charge in [-0.3, -0.25) is 0 Å². The molecule has 2 nitrogen and oxygen atoms in total. The van der Waals surface area contributed by atoms with Gasteiger partial charge in [0.05, 0.1) is 12.2 Å². The van der Waals surface area contributed by atoms with E-state index in [1.807, 2.05) is 0 Å². The third kappa shape index (κ3) is 5.22. The lowest BCUT2D eigenvalue weighted by atomic mass is 9.74. The molecule has 5 rings (SSSR count). The third-order valence-corrected chi connectivity index (χ3v) is 7.73. The Bertz CT molecular complexity index is 1400. The fourth-order valence-corrected chi connectivity index (χ4v) is 5.60. The van der Waals surface area contributed by atoms with Gasteiger partial charge >= 0.3 is 6.11 Å². The van der Waals surface area contributed by atoms with Gasteiger partial charge in [0.2, 0.25) is 0 Å². The molecule has 1 aliphatic carbocycles. The quantitative estimate of drug-likeness (QED) is 0.224. The van der Waals surface area contributed by atoms with Crippen LogP contribution in [0.1, 0.15) is 43.7 Å². The molecule has 3 aromatic rings. The number of hydrogen-bond acceptors (Lipinski definition) is 2. The lowest BCUT2D eigenvalue weighted by Crippen LogP contribution is -2.31. The number of alkyl halides is 2. The zero-order valence-corrected chi connectivity index (χ0v) is 21.1. The van der Waals surface area contributed by atoms with Crippen molar-refractivity contribution in [1.29, 1.82) is 0 Å². The molecule has 11 heteroatoms. The van der Waals surface area contributed by atoms with Crippen molar-refractivity contribution in [2.75, 3.05) is 6.61 Å². The van der Waals surface area contributed by atoms with Crippen LogP contribution in [0.3, 0.4) is 0 Å². The van der Waals surface area contributed by atoms with E-state index in [1.54, 1.807) is 0 Å². The molecule has 0 radical (unpaired) electrons. The maximum Gasteiger partial charge on any atom is 0.432 e. The smallest absolute Gasteiger partial charge is 0.432 e. The van der Waals surface area contributed by atoms with E-state index >= 15 is 8.78 Å². The molecular weight excluding hydrogens is 551 g/mol. The van der Waals surface area contributed by atoms with Crippen molar-refractivity contribution < 1.29 is 49.0 Å². The summed E-state index contributed by atoms with van der Waals surface area (Å²) in [7, 11) is 0. The SMILES string of the molecule is CC1CCC(C2COc3c(cc(F)c(-c4cc(F)c(C(F)(F)Oc5cc(F)c(F)c(F)c5)c(F)c4)c3F)C2)CC1. The Labute approximate surface area is 223 Å². The van der Waals surface area contributed by atoms with Crippen LogP contribution in [-0.2, 0) is 12.5 Å². The Kier molecular flexibility index (Phi) is 7.43. The molecule has 0 aromatic heterocycles. The Morgan fingerprint density at radius 1 is 0.725 bits per heavy atom. The van der Waals surface area contributed by atoms with E-state index in [-0.39, 0.29) is 48.1 Å². The monoisotopic (exact) mass is 574 g/mol. The van der Waals surface area contributed by atoms with E-state index in [9.17, 15) is 30.7 Å². The topological polar surface area (TPSA) is 18.5 Å². The van der Waals surface area contributed by atoms with Gasteiger partial charge in [0, 0.05) is 17.7 Å². The van der Waals surface area contributed by atoms with Gasteiger partial charge in [-0.25, -0.2) is 30.7 Å². The first-order chi connectivity index (χ1) is 18.9. The second-order valence-corrected chi connectivity index (χ2v) is 10.5. The van der Waals surface area contributed by atoms with Gasteiger partial charge in [0.25, 0.3) is 0 Å². The van der Waals surface area contributed by atoms with Crippen LogP contribution in [0.15, 0.2) is 30.3 Å². The van der Waals surface area contributed by atoms with Crippen LogP contribution in [0.5, 0.6) is 11.5 Å². The molecule has 1 fully saturated rings. The number of halogens is 9. The minimum Gasteiger partial charge on any atom is -0.490 e. The number of fused-ring (bicyclic) bond motifs is 1. The van der Waals surface area contributed by atoms with Crippen molar-refractivity contribution in [1.82, 2.24) is 0 Å².